The molecule has 0 saturated heterocycles. The van der Waals surface area contributed by atoms with Crippen LogP contribution < -0.4 is 5.19 Å². The number of benzene rings is 1. The molecule has 1 rings (SSSR count). The van der Waals surface area contributed by atoms with Crippen LogP contribution in [0.5, 0.6) is 0 Å². The summed E-state index contributed by atoms with van der Waals surface area (Å²) in [6.45, 7) is 2.22. The van der Waals surface area contributed by atoms with Gasteiger partial charge in [-0.25, -0.2) is 0 Å². The first-order valence-corrected chi connectivity index (χ1v) is 11.2. The van der Waals surface area contributed by atoms with E-state index in [9.17, 15) is 0 Å². The van der Waals surface area contributed by atoms with Crippen LogP contribution >= 0.6 is 43.6 Å². The molecule has 0 N–H and O–H groups in total. The van der Waals surface area contributed by atoms with E-state index in [1.54, 1.807) is 5.19 Å². The topological polar surface area (TPSA) is 0 Å². The minimum Gasteiger partial charge on any atom is -0.0997 e. The van der Waals surface area contributed by atoms with Crippen LogP contribution in [-0.4, -0.2) is 3.79 Å². The first-order chi connectivity index (χ1) is 5.25. The fraction of sp³-hybridized carbons (Fsp3) is 0.250. The summed E-state index contributed by atoms with van der Waals surface area (Å²) < 4.78 is -0.314. The van der Waals surface area contributed by atoms with Crippen LogP contribution in [0.2, 0.25) is 0 Å². The lowest BCUT2D eigenvalue weighted by Crippen LogP contribution is -2.20. The van der Waals surface area contributed by atoms with Gasteiger partial charge in [0, 0.05) is 0 Å². The smallest absolute Gasteiger partial charge is 0.0997 e. The van der Waals surface area contributed by atoms with E-state index < -0.39 is 0 Å². The molecule has 1 aromatic carbocycles. The Morgan fingerprint density at radius 1 is 1.27 bits per heavy atom. The van der Waals surface area contributed by atoms with E-state index in [2.05, 4.69) is 74.8 Å². The van der Waals surface area contributed by atoms with Gasteiger partial charge in [-0.3, -0.25) is 0 Å². The predicted molar refractivity (Wildman–Crippen MR) is 69.2 cm³/mol. The van der Waals surface area contributed by atoms with Crippen molar-refractivity contribution in [3.05, 3.63) is 29.8 Å². The van der Waals surface area contributed by atoms with Crippen molar-refractivity contribution in [1.29, 1.82) is 0 Å². The van der Waals surface area contributed by atoms with E-state index >= 15 is 0 Å². The van der Waals surface area contributed by atoms with Crippen LogP contribution in [0.25, 0.3) is 0 Å². The van der Waals surface area contributed by atoms with E-state index in [0.717, 1.165) is 6.42 Å². The zero-order valence-electron chi connectivity index (χ0n) is 6.27. The number of halogens is 2. The maximum Gasteiger partial charge on any atom is 0.238 e. The number of aryl methyl sites for hydroxylation is 1. The first-order valence-electron chi connectivity index (χ1n) is 3.52. The van der Waals surface area contributed by atoms with E-state index in [-0.39, 0.29) is 3.79 Å². The molecule has 0 heterocycles. The van der Waals surface area contributed by atoms with Crippen LogP contribution in [-0.2, 0) is 6.42 Å². The summed E-state index contributed by atoms with van der Waals surface area (Å²) in [7, 11) is 0. The predicted octanol–water partition coefficient (Wildman–Crippen LogP) is 2.81. The van der Waals surface area contributed by atoms with Gasteiger partial charge in [0.1, 0.15) is 0 Å². The Balaban J connectivity index is 3.02. The quantitative estimate of drug-likeness (QED) is 0.416. The van der Waals surface area contributed by atoms with Crippen molar-refractivity contribution in [3.8, 4) is 0 Å². The van der Waals surface area contributed by atoms with Gasteiger partial charge < -0.3 is 0 Å². The molecule has 0 aromatic heterocycles. The Morgan fingerprint density at radius 2 is 1.91 bits per heavy atom. The Morgan fingerprint density at radius 3 is 2.36 bits per heavy atom. The van der Waals surface area contributed by atoms with Crippen LogP contribution in [0.3, 0.4) is 0 Å². The maximum atomic E-state index is 2.55. The van der Waals surface area contributed by atoms with Crippen LogP contribution in [0.4, 0.5) is 0 Å². The molecule has 0 atom stereocenters. The van der Waals surface area contributed by atoms with Crippen LogP contribution in [0, 0.1) is 0 Å². The Labute approximate surface area is 94.8 Å². The van der Waals surface area contributed by atoms with Crippen LogP contribution in [0.15, 0.2) is 24.3 Å². The highest BCUT2D eigenvalue weighted by Gasteiger charge is 2.08. The highest BCUT2D eigenvalue weighted by atomic mass is 127. The number of hydrogen-bond donors (Lipinski definition) is 0. The van der Waals surface area contributed by atoms with Gasteiger partial charge in [-0.1, -0.05) is 74.8 Å². The second-order valence-corrected chi connectivity index (χ2v) is 16.0. The largest absolute Gasteiger partial charge is 0.238 e. The van der Waals surface area contributed by atoms with E-state index in [1.165, 1.54) is 5.56 Å². The third-order valence-electron chi connectivity index (χ3n) is 1.60. The van der Waals surface area contributed by atoms with E-state index in [1.807, 2.05) is 0 Å². The molecule has 3 heteroatoms. The van der Waals surface area contributed by atoms with Gasteiger partial charge in [0.15, 0.2) is 0 Å². The van der Waals surface area contributed by atoms with E-state index in [0.29, 0.717) is 0 Å². The van der Waals surface area contributed by atoms with Gasteiger partial charge in [-0.2, -0.15) is 0 Å². The van der Waals surface area contributed by atoms with Crippen molar-refractivity contribution in [1.82, 2.24) is 0 Å². The van der Waals surface area contributed by atoms with E-state index in [4.69, 9.17) is 0 Å². The van der Waals surface area contributed by atoms with Gasteiger partial charge in [-0.05, 0) is 17.2 Å². The van der Waals surface area contributed by atoms with Crippen molar-refractivity contribution >= 4 is 52.6 Å². The molecule has 0 saturated carbocycles. The zero-order chi connectivity index (χ0) is 8.27. The van der Waals surface area contributed by atoms with Gasteiger partial charge >= 0.3 is 0 Å². The molecule has 0 unspecified atom stereocenters. The lowest BCUT2D eigenvalue weighted by molar-refractivity contribution is 1.15. The molecular formula is C8H9I2Si. The fourth-order valence-corrected chi connectivity index (χ4v) is 4.90. The molecule has 0 aliphatic rings. The van der Waals surface area contributed by atoms with Gasteiger partial charge in [-0.15, -0.1) is 0 Å². The van der Waals surface area contributed by atoms with Gasteiger partial charge in [0.2, 0.25) is 3.79 Å². The summed E-state index contributed by atoms with van der Waals surface area (Å²) in [5, 5.41) is 1.57. The Bertz CT molecular complexity index is 235. The lowest BCUT2D eigenvalue weighted by Gasteiger charge is -2.05. The lowest BCUT2D eigenvalue weighted by atomic mass is 10.2. The summed E-state index contributed by atoms with van der Waals surface area (Å²) in [5.41, 5.74) is 1.52. The average Bonchev–Trinajstić information content (AvgIpc) is 2.04. The summed E-state index contributed by atoms with van der Waals surface area (Å²) in [6.07, 6.45) is 1.16. The van der Waals surface area contributed by atoms with Crippen LogP contribution in [0.1, 0.15) is 12.5 Å². The summed E-state index contributed by atoms with van der Waals surface area (Å²) in [6, 6.07) is 8.75. The van der Waals surface area contributed by atoms with Crippen molar-refractivity contribution in [2.75, 3.05) is 0 Å². The minimum absolute atomic E-state index is 0.314. The molecule has 0 bridgehead atoms. The Kier molecular flexibility index (Phi) is 4.36. The second kappa shape index (κ2) is 4.81. The van der Waals surface area contributed by atoms with Crippen molar-refractivity contribution in [3.63, 3.8) is 0 Å². The maximum absolute atomic E-state index is 2.55. The summed E-state index contributed by atoms with van der Waals surface area (Å²) in [4.78, 5) is 0. The molecule has 0 amide bonds. The molecule has 1 aromatic rings. The SMILES string of the molecule is CCc1ccccc1[Si](I)I. The zero-order valence-corrected chi connectivity index (χ0v) is 11.6. The molecule has 11 heavy (non-hydrogen) atoms. The molecule has 59 valence electrons. The minimum atomic E-state index is -0.314. The van der Waals surface area contributed by atoms with Gasteiger partial charge in [0.25, 0.3) is 0 Å². The highest BCUT2D eigenvalue weighted by Crippen LogP contribution is 2.08. The highest BCUT2D eigenvalue weighted by molar-refractivity contribution is 14.3. The molecule has 0 spiro atoms. The summed E-state index contributed by atoms with van der Waals surface area (Å²) in [5.74, 6) is 0. The van der Waals surface area contributed by atoms with Gasteiger partial charge in [0.05, 0.1) is 0 Å². The summed E-state index contributed by atoms with van der Waals surface area (Å²) >= 11 is 5.09. The average molecular weight is 387 g/mol. The first kappa shape index (κ1) is 9.98. The molecular weight excluding hydrogens is 378 g/mol. The molecule has 0 fully saturated rings. The molecule has 0 nitrogen and oxygen atoms in total. The molecule has 1 radical (unpaired) electrons. The monoisotopic (exact) mass is 387 g/mol. The van der Waals surface area contributed by atoms with Crippen molar-refractivity contribution < 1.29 is 0 Å². The normalized spacial score (nSPS) is 10.5. The third kappa shape index (κ3) is 2.69. The number of rotatable bonds is 2. The second-order valence-electron chi connectivity index (χ2n) is 2.27. The fourth-order valence-electron chi connectivity index (χ4n) is 1.01. The van der Waals surface area contributed by atoms with Crippen molar-refractivity contribution in [2.45, 2.75) is 13.3 Å². The Hall–Kier alpha value is 0.897. The van der Waals surface area contributed by atoms with Crippen molar-refractivity contribution in [2.24, 2.45) is 0 Å². The number of hydrogen-bond acceptors (Lipinski definition) is 0. The standard InChI is InChI=1S/C8H9I2Si/c1-2-7-5-3-4-6-8(7)11(9)10/h3-6H,2H2,1H3. The third-order valence-corrected chi connectivity index (χ3v) is 5.98. The molecule has 0 aliphatic carbocycles. The molecule has 0 aliphatic heterocycles.